The van der Waals surface area contributed by atoms with Crippen LogP contribution in [0.3, 0.4) is 0 Å². The van der Waals surface area contributed by atoms with Crippen LogP contribution in [0.1, 0.15) is 21.7 Å². The second kappa shape index (κ2) is 7.65. The Morgan fingerprint density at radius 2 is 1.62 bits per heavy atom. The second-order valence-corrected chi connectivity index (χ2v) is 5.83. The van der Waals surface area contributed by atoms with E-state index < -0.39 is 0 Å². The number of hydrogen-bond donors (Lipinski definition) is 2. The van der Waals surface area contributed by atoms with Crippen LogP contribution < -0.4 is 15.4 Å². The number of benzene rings is 2. The lowest BCUT2D eigenvalue weighted by atomic mass is 10.2. The van der Waals surface area contributed by atoms with Crippen LogP contribution in [-0.4, -0.2) is 23.0 Å². The number of amides is 1. The van der Waals surface area contributed by atoms with Gasteiger partial charge in [-0.25, -0.2) is 9.97 Å². The van der Waals surface area contributed by atoms with Crippen molar-refractivity contribution < 1.29 is 9.53 Å². The molecule has 0 aliphatic heterocycles. The maximum absolute atomic E-state index is 12.5. The van der Waals surface area contributed by atoms with Crippen molar-refractivity contribution in [2.75, 3.05) is 17.7 Å². The normalized spacial score (nSPS) is 10.3. The summed E-state index contributed by atoms with van der Waals surface area (Å²) in [7, 11) is 1.54. The third-order valence-corrected chi connectivity index (χ3v) is 3.71. The molecule has 0 aliphatic rings. The highest BCUT2D eigenvalue weighted by molar-refractivity contribution is 6.06. The number of ether oxygens (including phenoxy) is 1. The molecule has 26 heavy (non-hydrogen) atoms. The molecule has 0 aliphatic carbocycles. The van der Waals surface area contributed by atoms with Crippen molar-refractivity contribution in [2.24, 2.45) is 0 Å². The molecule has 6 nitrogen and oxygen atoms in total. The molecule has 0 bridgehead atoms. The Bertz CT molecular complexity index is 920. The van der Waals surface area contributed by atoms with E-state index in [1.807, 2.05) is 50.2 Å². The summed E-state index contributed by atoms with van der Waals surface area (Å²) in [6.07, 6.45) is 0. The fourth-order valence-electron chi connectivity index (χ4n) is 2.62. The molecule has 132 valence electrons. The largest absolute Gasteiger partial charge is 0.496 e. The Morgan fingerprint density at radius 1 is 0.923 bits per heavy atom. The van der Waals surface area contributed by atoms with Gasteiger partial charge in [-0.2, -0.15) is 0 Å². The van der Waals surface area contributed by atoms with Crippen LogP contribution in [-0.2, 0) is 0 Å². The van der Waals surface area contributed by atoms with Crippen LogP contribution in [0.4, 0.5) is 17.3 Å². The van der Waals surface area contributed by atoms with E-state index >= 15 is 0 Å². The Kier molecular flexibility index (Phi) is 5.12. The van der Waals surface area contributed by atoms with Crippen LogP contribution in [0.5, 0.6) is 5.75 Å². The minimum absolute atomic E-state index is 0.234. The maximum Gasteiger partial charge on any atom is 0.259 e. The molecule has 0 saturated carbocycles. The van der Waals surface area contributed by atoms with Gasteiger partial charge in [0.2, 0.25) is 5.95 Å². The van der Waals surface area contributed by atoms with Crippen molar-refractivity contribution in [3.05, 3.63) is 71.5 Å². The van der Waals surface area contributed by atoms with Gasteiger partial charge in [-0.15, -0.1) is 0 Å². The highest BCUT2D eigenvalue weighted by atomic mass is 16.5. The van der Waals surface area contributed by atoms with Crippen LogP contribution in [0.25, 0.3) is 0 Å². The van der Waals surface area contributed by atoms with Crippen LogP contribution in [0.2, 0.25) is 0 Å². The van der Waals surface area contributed by atoms with E-state index in [-0.39, 0.29) is 5.91 Å². The van der Waals surface area contributed by atoms with Gasteiger partial charge in [0.1, 0.15) is 5.75 Å². The predicted octanol–water partition coefficient (Wildman–Crippen LogP) is 4.10. The zero-order valence-electron chi connectivity index (χ0n) is 14.9. The number of carbonyl (C=O) groups is 1. The smallest absolute Gasteiger partial charge is 0.259 e. The van der Waals surface area contributed by atoms with E-state index in [9.17, 15) is 4.79 Å². The van der Waals surface area contributed by atoms with Crippen LogP contribution in [0.15, 0.2) is 54.6 Å². The Morgan fingerprint density at radius 3 is 2.35 bits per heavy atom. The number of methoxy groups -OCH3 is 1. The van der Waals surface area contributed by atoms with Crippen molar-refractivity contribution >= 4 is 23.2 Å². The van der Waals surface area contributed by atoms with Crippen molar-refractivity contribution in [1.29, 1.82) is 0 Å². The number of hydrogen-bond acceptors (Lipinski definition) is 5. The molecule has 6 heteroatoms. The molecule has 0 fully saturated rings. The fraction of sp³-hybridized carbons (Fsp3) is 0.150. The topological polar surface area (TPSA) is 76.1 Å². The summed E-state index contributed by atoms with van der Waals surface area (Å²) in [5.41, 5.74) is 3.70. The number of anilines is 3. The molecule has 1 aromatic heterocycles. The van der Waals surface area contributed by atoms with Gasteiger partial charge in [0.25, 0.3) is 5.91 Å². The number of nitrogens with one attached hydrogen (secondary N) is 2. The molecule has 0 unspecified atom stereocenters. The second-order valence-electron chi connectivity index (χ2n) is 5.83. The summed E-state index contributed by atoms with van der Waals surface area (Å²) in [4.78, 5) is 21.2. The molecular weight excluding hydrogens is 328 g/mol. The number of aryl methyl sites for hydroxylation is 2. The van der Waals surface area contributed by atoms with Gasteiger partial charge in [-0.1, -0.05) is 18.2 Å². The number of aromatic nitrogens is 2. The third-order valence-electron chi connectivity index (χ3n) is 3.71. The zero-order valence-corrected chi connectivity index (χ0v) is 14.9. The summed E-state index contributed by atoms with van der Waals surface area (Å²) in [6.45, 7) is 3.84. The lowest BCUT2D eigenvalue weighted by Gasteiger charge is -2.11. The molecular formula is C20H20N4O2. The van der Waals surface area contributed by atoms with Gasteiger partial charge in [0.05, 0.1) is 12.7 Å². The molecule has 0 radical (unpaired) electrons. The first-order chi connectivity index (χ1) is 12.5. The van der Waals surface area contributed by atoms with Crippen molar-refractivity contribution in [2.45, 2.75) is 13.8 Å². The minimum Gasteiger partial charge on any atom is -0.496 e. The molecule has 1 amide bonds. The average Bonchev–Trinajstić information content (AvgIpc) is 2.61. The average molecular weight is 348 g/mol. The number of nitrogens with zero attached hydrogens (tertiary/aromatic N) is 2. The van der Waals surface area contributed by atoms with Crippen molar-refractivity contribution in [1.82, 2.24) is 9.97 Å². The summed E-state index contributed by atoms with van der Waals surface area (Å²) < 4.78 is 5.24. The van der Waals surface area contributed by atoms with E-state index in [0.717, 1.165) is 17.1 Å². The number of rotatable bonds is 5. The van der Waals surface area contributed by atoms with Crippen molar-refractivity contribution in [3.8, 4) is 5.75 Å². The van der Waals surface area contributed by atoms with Gasteiger partial charge in [0.15, 0.2) is 0 Å². The number of carbonyl (C=O) groups excluding carboxylic acids is 1. The summed E-state index contributed by atoms with van der Waals surface area (Å²) >= 11 is 0. The highest BCUT2D eigenvalue weighted by Crippen LogP contribution is 2.22. The lowest BCUT2D eigenvalue weighted by molar-refractivity contribution is 0.102. The monoisotopic (exact) mass is 348 g/mol. The van der Waals surface area contributed by atoms with Gasteiger partial charge in [-0.3, -0.25) is 4.79 Å². The van der Waals surface area contributed by atoms with Gasteiger partial charge in [-0.05, 0) is 50.2 Å². The Balaban J connectivity index is 1.78. The SMILES string of the molecule is COc1ccccc1C(=O)Nc1cccc(Nc2nc(C)cc(C)n2)c1. The molecule has 0 saturated heterocycles. The van der Waals surface area contributed by atoms with Gasteiger partial charge in [0, 0.05) is 22.8 Å². The molecule has 3 aromatic rings. The number of para-hydroxylation sites is 1. The third kappa shape index (κ3) is 4.16. The van der Waals surface area contributed by atoms with E-state index in [2.05, 4.69) is 20.6 Å². The first-order valence-electron chi connectivity index (χ1n) is 8.19. The molecule has 3 rings (SSSR count). The molecule has 2 N–H and O–H groups in total. The maximum atomic E-state index is 12.5. The summed E-state index contributed by atoms with van der Waals surface area (Å²) in [5, 5.41) is 6.05. The minimum atomic E-state index is -0.234. The molecule has 1 heterocycles. The highest BCUT2D eigenvalue weighted by Gasteiger charge is 2.12. The van der Waals surface area contributed by atoms with Crippen molar-refractivity contribution in [3.63, 3.8) is 0 Å². The van der Waals surface area contributed by atoms with Crippen LogP contribution >= 0.6 is 0 Å². The summed E-state index contributed by atoms with van der Waals surface area (Å²) in [5.74, 6) is 0.820. The predicted molar refractivity (Wildman–Crippen MR) is 102 cm³/mol. The molecule has 0 atom stereocenters. The van der Waals surface area contributed by atoms with Gasteiger partial charge < -0.3 is 15.4 Å². The van der Waals surface area contributed by atoms with Crippen LogP contribution in [0, 0.1) is 13.8 Å². The van der Waals surface area contributed by atoms with E-state index in [0.29, 0.717) is 22.9 Å². The van der Waals surface area contributed by atoms with E-state index in [1.54, 1.807) is 25.3 Å². The standard InChI is InChI=1S/C20H20N4O2/c1-13-11-14(2)22-20(21-13)24-16-8-6-7-15(12-16)23-19(25)17-9-4-5-10-18(17)26-3/h4-12H,1-3H3,(H,23,25)(H,21,22,24). The molecule has 0 spiro atoms. The molecule has 2 aromatic carbocycles. The van der Waals surface area contributed by atoms with E-state index in [4.69, 9.17) is 4.74 Å². The first kappa shape index (κ1) is 17.4. The Labute approximate surface area is 152 Å². The van der Waals surface area contributed by atoms with Gasteiger partial charge >= 0.3 is 0 Å². The zero-order chi connectivity index (χ0) is 18.5. The first-order valence-corrected chi connectivity index (χ1v) is 8.19. The fourth-order valence-corrected chi connectivity index (χ4v) is 2.62. The Hall–Kier alpha value is -3.41. The lowest BCUT2D eigenvalue weighted by Crippen LogP contribution is -2.13. The summed E-state index contributed by atoms with van der Waals surface area (Å²) in [6, 6.07) is 16.4. The van der Waals surface area contributed by atoms with E-state index in [1.165, 1.54) is 0 Å². The quantitative estimate of drug-likeness (QED) is 0.726.